The molecule has 5 heteroatoms. The van der Waals surface area contributed by atoms with Crippen LogP contribution in [0, 0.1) is 12.7 Å². The number of nitrogens with zero attached hydrogens (tertiary/aromatic N) is 1. The van der Waals surface area contributed by atoms with E-state index in [1.54, 1.807) is 6.07 Å². The fraction of sp³-hybridized carbons (Fsp3) is 0.188. The number of nitrogens with one attached hydrogen (secondary N) is 1. The third kappa shape index (κ3) is 2.93. The summed E-state index contributed by atoms with van der Waals surface area (Å²) in [5.74, 6) is 0.400. The third-order valence-electron chi connectivity index (χ3n) is 3.31. The summed E-state index contributed by atoms with van der Waals surface area (Å²) in [5, 5.41) is 3.28. The van der Waals surface area contributed by atoms with Gasteiger partial charge in [0.2, 0.25) is 0 Å². The van der Waals surface area contributed by atoms with E-state index in [4.69, 9.17) is 4.42 Å². The van der Waals surface area contributed by atoms with Crippen LogP contribution in [0.4, 0.5) is 10.1 Å². The number of aryl methyl sites for hydroxylation is 1. The van der Waals surface area contributed by atoms with Gasteiger partial charge in [-0.2, -0.15) is 0 Å². The zero-order valence-electron chi connectivity index (χ0n) is 11.7. The Hall–Kier alpha value is -1.88. The summed E-state index contributed by atoms with van der Waals surface area (Å²) in [6.45, 7) is 3.73. The van der Waals surface area contributed by atoms with Gasteiger partial charge < -0.3 is 9.73 Å². The Morgan fingerprint density at radius 1 is 1.24 bits per heavy atom. The quantitative estimate of drug-likeness (QED) is 0.705. The number of aromatic nitrogens is 1. The monoisotopic (exact) mass is 348 g/mol. The van der Waals surface area contributed by atoms with Gasteiger partial charge in [-0.15, -0.1) is 0 Å². The predicted molar refractivity (Wildman–Crippen MR) is 84.9 cm³/mol. The number of halogens is 2. The summed E-state index contributed by atoms with van der Waals surface area (Å²) in [4.78, 5) is 4.30. The lowest BCUT2D eigenvalue weighted by atomic mass is 10.1. The first-order valence-electron chi connectivity index (χ1n) is 6.61. The van der Waals surface area contributed by atoms with E-state index in [1.807, 2.05) is 38.1 Å². The molecule has 0 aliphatic carbocycles. The second-order valence-electron chi connectivity index (χ2n) is 4.95. The minimum atomic E-state index is -0.234. The minimum absolute atomic E-state index is 0.149. The van der Waals surface area contributed by atoms with Crippen molar-refractivity contribution in [1.82, 2.24) is 4.98 Å². The maximum atomic E-state index is 14.0. The first-order chi connectivity index (χ1) is 10.0. The molecule has 0 saturated carbocycles. The van der Waals surface area contributed by atoms with Crippen molar-refractivity contribution >= 4 is 32.7 Å². The third-order valence-corrected chi connectivity index (χ3v) is 3.80. The molecule has 1 atom stereocenters. The zero-order valence-corrected chi connectivity index (χ0v) is 13.2. The Morgan fingerprint density at radius 2 is 2.05 bits per heavy atom. The van der Waals surface area contributed by atoms with Crippen LogP contribution in [0.5, 0.6) is 0 Å². The van der Waals surface area contributed by atoms with Crippen molar-refractivity contribution in [2.45, 2.75) is 19.9 Å². The molecule has 3 rings (SSSR count). The Balaban J connectivity index is 1.86. The van der Waals surface area contributed by atoms with E-state index in [0.29, 0.717) is 11.5 Å². The lowest BCUT2D eigenvalue weighted by molar-refractivity contribution is 0.561. The van der Waals surface area contributed by atoms with Crippen LogP contribution in [0.2, 0.25) is 0 Å². The molecule has 0 aliphatic heterocycles. The molecule has 108 valence electrons. The minimum Gasteiger partial charge on any atom is -0.441 e. The van der Waals surface area contributed by atoms with Crippen LogP contribution in [-0.4, -0.2) is 4.98 Å². The van der Waals surface area contributed by atoms with Crippen LogP contribution in [0.3, 0.4) is 0 Å². The van der Waals surface area contributed by atoms with E-state index in [-0.39, 0.29) is 11.9 Å². The summed E-state index contributed by atoms with van der Waals surface area (Å²) in [6, 6.07) is 10.6. The standard InChI is InChI=1S/C16H14BrFN2O/c1-9(13-5-3-11(17)7-14(13)18)19-12-4-6-16-15(8-12)20-10(2)21-16/h3-9,19H,1-2H3. The predicted octanol–water partition coefficient (Wildman–Crippen LogP) is 5.21. The van der Waals surface area contributed by atoms with Crippen molar-refractivity contribution in [3.63, 3.8) is 0 Å². The van der Waals surface area contributed by atoms with E-state index < -0.39 is 0 Å². The van der Waals surface area contributed by atoms with Crippen molar-refractivity contribution in [2.24, 2.45) is 0 Å². The molecule has 0 spiro atoms. The molecule has 21 heavy (non-hydrogen) atoms. The van der Waals surface area contributed by atoms with Gasteiger partial charge in [0, 0.05) is 22.6 Å². The normalized spacial score (nSPS) is 12.6. The Kier molecular flexibility index (Phi) is 3.68. The molecule has 0 aliphatic rings. The van der Waals surface area contributed by atoms with Crippen molar-refractivity contribution in [3.8, 4) is 0 Å². The summed E-state index contributed by atoms with van der Waals surface area (Å²) in [5.41, 5.74) is 3.04. The largest absolute Gasteiger partial charge is 0.441 e. The molecule has 0 fully saturated rings. The smallest absolute Gasteiger partial charge is 0.192 e. The molecule has 1 N–H and O–H groups in total. The van der Waals surface area contributed by atoms with E-state index >= 15 is 0 Å². The maximum absolute atomic E-state index is 14.0. The zero-order chi connectivity index (χ0) is 15.0. The molecule has 1 heterocycles. The van der Waals surface area contributed by atoms with Gasteiger partial charge >= 0.3 is 0 Å². The second-order valence-corrected chi connectivity index (χ2v) is 5.86. The van der Waals surface area contributed by atoms with Crippen molar-refractivity contribution < 1.29 is 8.81 Å². The first-order valence-corrected chi connectivity index (χ1v) is 7.41. The fourth-order valence-electron chi connectivity index (χ4n) is 2.31. The number of hydrogen-bond acceptors (Lipinski definition) is 3. The van der Waals surface area contributed by atoms with E-state index in [9.17, 15) is 4.39 Å². The Bertz CT molecular complexity index is 800. The second kappa shape index (κ2) is 5.48. The van der Waals surface area contributed by atoms with Crippen molar-refractivity contribution in [1.29, 1.82) is 0 Å². The number of rotatable bonds is 3. The van der Waals surface area contributed by atoms with Crippen LogP contribution in [0.1, 0.15) is 24.4 Å². The molecule has 0 saturated heterocycles. The molecule has 3 nitrogen and oxygen atoms in total. The van der Waals surface area contributed by atoms with Gasteiger partial charge in [-0.05, 0) is 37.3 Å². The first kappa shape index (κ1) is 14.1. The molecule has 0 radical (unpaired) electrons. The molecule has 0 bridgehead atoms. The average Bonchev–Trinajstić information content (AvgIpc) is 2.77. The maximum Gasteiger partial charge on any atom is 0.192 e. The van der Waals surface area contributed by atoms with Crippen LogP contribution in [-0.2, 0) is 0 Å². The lowest BCUT2D eigenvalue weighted by Crippen LogP contribution is -2.08. The van der Waals surface area contributed by atoms with Gasteiger partial charge in [0.15, 0.2) is 11.5 Å². The van der Waals surface area contributed by atoms with Crippen LogP contribution < -0.4 is 5.32 Å². The average molecular weight is 349 g/mol. The molecule has 3 aromatic rings. The molecular formula is C16H14BrFN2O. The summed E-state index contributed by atoms with van der Waals surface area (Å²) < 4.78 is 20.1. The number of anilines is 1. The number of oxazole rings is 1. The Morgan fingerprint density at radius 3 is 2.81 bits per heavy atom. The Labute approximate surface area is 130 Å². The summed E-state index contributed by atoms with van der Waals surface area (Å²) >= 11 is 3.26. The number of benzene rings is 2. The van der Waals surface area contributed by atoms with Gasteiger partial charge in [0.1, 0.15) is 11.3 Å². The van der Waals surface area contributed by atoms with Crippen LogP contribution in [0.25, 0.3) is 11.1 Å². The molecular weight excluding hydrogens is 335 g/mol. The summed E-state index contributed by atoms with van der Waals surface area (Å²) in [7, 11) is 0. The van der Waals surface area contributed by atoms with Gasteiger partial charge in [-0.1, -0.05) is 22.0 Å². The number of fused-ring (bicyclic) bond motifs is 1. The van der Waals surface area contributed by atoms with Gasteiger partial charge in [-0.3, -0.25) is 0 Å². The van der Waals surface area contributed by atoms with Crippen LogP contribution >= 0.6 is 15.9 Å². The van der Waals surface area contributed by atoms with Gasteiger partial charge in [0.25, 0.3) is 0 Å². The van der Waals surface area contributed by atoms with Crippen molar-refractivity contribution in [3.05, 3.63) is 58.1 Å². The highest BCUT2D eigenvalue weighted by molar-refractivity contribution is 9.10. The SMILES string of the molecule is Cc1nc2cc(NC(C)c3ccc(Br)cc3F)ccc2o1. The molecule has 1 aromatic heterocycles. The van der Waals surface area contributed by atoms with Crippen LogP contribution in [0.15, 0.2) is 45.3 Å². The molecule has 1 unspecified atom stereocenters. The van der Waals surface area contributed by atoms with Gasteiger partial charge in [0.05, 0.1) is 6.04 Å². The highest BCUT2D eigenvalue weighted by Crippen LogP contribution is 2.26. The topological polar surface area (TPSA) is 38.1 Å². The highest BCUT2D eigenvalue weighted by atomic mass is 79.9. The van der Waals surface area contributed by atoms with E-state index in [2.05, 4.69) is 26.2 Å². The van der Waals surface area contributed by atoms with Crippen molar-refractivity contribution in [2.75, 3.05) is 5.32 Å². The molecule has 2 aromatic carbocycles. The highest BCUT2D eigenvalue weighted by Gasteiger charge is 2.12. The van der Waals surface area contributed by atoms with E-state index in [0.717, 1.165) is 21.3 Å². The van der Waals surface area contributed by atoms with Gasteiger partial charge in [-0.25, -0.2) is 9.37 Å². The summed E-state index contributed by atoms with van der Waals surface area (Å²) in [6.07, 6.45) is 0. The van der Waals surface area contributed by atoms with E-state index in [1.165, 1.54) is 6.07 Å². The molecule has 0 amide bonds. The fourth-order valence-corrected chi connectivity index (χ4v) is 2.65. The number of hydrogen-bond donors (Lipinski definition) is 1. The lowest BCUT2D eigenvalue weighted by Gasteiger charge is -2.16.